The van der Waals surface area contributed by atoms with Crippen LogP contribution in [-0.2, 0) is 11.3 Å². The molecule has 18 heavy (non-hydrogen) atoms. The van der Waals surface area contributed by atoms with E-state index in [-0.39, 0.29) is 11.3 Å². The number of pyridine rings is 1. The molecular formula is C13H20N4O. The molecule has 0 aliphatic carbocycles. The van der Waals surface area contributed by atoms with Crippen LogP contribution in [0.1, 0.15) is 18.9 Å². The van der Waals surface area contributed by atoms with Crippen molar-refractivity contribution in [1.29, 1.82) is 0 Å². The Labute approximate surface area is 107 Å². The van der Waals surface area contributed by atoms with Crippen molar-refractivity contribution in [2.24, 2.45) is 11.1 Å². The molecule has 1 unspecified atom stereocenters. The molecule has 1 aromatic heterocycles. The van der Waals surface area contributed by atoms with E-state index in [4.69, 9.17) is 5.73 Å². The quantitative estimate of drug-likeness (QED) is 0.817. The zero-order valence-electron chi connectivity index (χ0n) is 10.9. The fourth-order valence-corrected chi connectivity index (χ4v) is 2.53. The van der Waals surface area contributed by atoms with E-state index in [1.54, 1.807) is 13.2 Å². The second-order valence-corrected chi connectivity index (χ2v) is 5.02. The van der Waals surface area contributed by atoms with Gasteiger partial charge in [-0.25, -0.2) is 0 Å². The highest BCUT2D eigenvalue weighted by atomic mass is 16.2. The van der Waals surface area contributed by atoms with Gasteiger partial charge in [0, 0.05) is 32.9 Å². The fraction of sp³-hybridized carbons (Fsp3) is 0.538. The first-order chi connectivity index (χ1) is 8.60. The number of carbonyl (C=O) groups excluding carboxylic acids is 1. The van der Waals surface area contributed by atoms with E-state index in [0.29, 0.717) is 13.1 Å². The second kappa shape index (κ2) is 4.94. The third-order valence-corrected chi connectivity index (χ3v) is 3.70. The summed E-state index contributed by atoms with van der Waals surface area (Å²) in [5, 5.41) is 2.74. The molecule has 1 aliphatic heterocycles. The van der Waals surface area contributed by atoms with Crippen LogP contribution in [0.4, 0.5) is 5.69 Å². The average molecular weight is 248 g/mol. The third-order valence-electron chi connectivity index (χ3n) is 3.70. The first-order valence-electron chi connectivity index (χ1n) is 6.21. The Hall–Kier alpha value is -1.62. The van der Waals surface area contributed by atoms with Crippen LogP contribution in [0.5, 0.6) is 0 Å². The number of anilines is 1. The third kappa shape index (κ3) is 2.18. The van der Waals surface area contributed by atoms with E-state index >= 15 is 0 Å². The standard InChI is InChI=1S/C13H20N4O/c1-13(12(18)15-2)4-6-17(9-13)11-8-16-5-3-10(11)7-14/h3,5,8H,4,6-7,9,14H2,1-2H3,(H,15,18). The second-order valence-electron chi connectivity index (χ2n) is 5.02. The number of amides is 1. The van der Waals surface area contributed by atoms with Crippen molar-refractivity contribution >= 4 is 11.6 Å². The van der Waals surface area contributed by atoms with Crippen LogP contribution in [0, 0.1) is 5.41 Å². The Morgan fingerprint density at radius 1 is 1.67 bits per heavy atom. The molecule has 0 radical (unpaired) electrons. The lowest BCUT2D eigenvalue weighted by Gasteiger charge is -2.25. The van der Waals surface area contributed by atoms with E-state index in [1.165, 1.54) is 0 Å². The van der Waals surface area contributed by atoms with Crippen LogP contribution in [0.3, 0.4) is 0 Å². The van der Waals surface area contributed by atoms with E-state index < -0.39 is 0 Å². The SMILES string of the molecule is CNC(=O)C1(C)CCN(c2cnccc2CN)C1. The van der Waals surface area contributed by atoms with Crippen molar-refractivity contribution in [3.63, 3.8) is 0 Å². The molecule has 2 rings (SSSR count). The summed E-state index contributed by atoms with van der Waals surface area (Å²) in [6.07, 6.45) is 4.43. The molecule has 0 saturated carbocycles. The topological polar surface area (TPSA) is 71.2 Å². The summed E-state index contributed by atoms with van der Waals surface area (Å²) in [7, 11) is 1.69. The number of carbonyl (C=O) groups is 1. The van der Waals surface area contributed by atoms with Gasteiger partial charge in [-0.1, -0.05) is 0 Å². The van der Waals surface area contributed by atoms with Gasteiger partial charge in [-0.3, -0.25) is 9.78 Å². The van der Waals surface area contributed by atoms with Gasteiger partial charge in [-0.2, -0.15) is 0 Å². The lowest BCUT2D eigenvalue weighted by atomic mass is 9.89. The highest BCUT2D eigenvalue weighted by molar-refractivity contribution is 5.83. The first-order valence-corrected chi connectivity index (χ1v) is 6.21. The predicted octanol–water partition coefficient (Wildman–Crippen LogP) is 0.503. The minimum atomic E-state index is -0.323. The maximum Gasteiger partial charge on any atom is 0.227 e. The number of hydrogen-bond acceptors (Lipinski definition) is 4. The molecule has 3 N–H and O–H groups in total. The zero-order chi connectivity index (χ0) is 13.2. The highest BCUT2D eigenvalue weighted by Gasteiger charge is 2.40. The van der Waals surface area contributed by atoms with Gasteiger partial charge in [0.25, 0.3) is 0 Å². The molecule has 1 saturated heterocycles. The van der Waals surface area contributed by atoms with Crippen LogP contribution in [0.25, 0.3) is 0 Å². The number of rotatable bonds is 3. The Bertz CT molecular complexity index is 448. The van der Waals surface area contributed by atoms with Gasteiger partial charge >= 0.3 is 0 Å². The molecule has 5 heteroatoms. The van der Waals surface area contributed by atoms with Crippen LogP contribution in [0.2, 0.25) is 0 Å². The molecule has 2 heterocycles. The number of aromatic nitrogens is 1. The Kier molecular flexibility index (Phi) is 3.52. The molecule has 1 aromatic rings. The Morgan fingerprint density at radius 2 is 2.44 bits per heavy atom. The van der Waals surface area contributed by atoms with Crippen LogP contribution >= 0.6 is 0 Å². The number of nitrogens with one attached hydrogen (secondary N) is 1. The fourth-order valence-electron chi connectivity index (χ4n) is 2.53. The first kappa shape index (κ1) is 12.8. The Morgan fingerprint density at radius 3 is 3.11 bits per heavy atom. The molecule has 1 aliphatic rings. The van der Waals surface area contributed by atoms with E-state index in [2.05, 4.69) is 15.2 Å². The van der Waals surface area contributed by atoms with Crippen LogP contribution in [0.15, 0.2) is 18.5 Å². The summed E-state index contributed by atoms with van der Waals surface area (Å²) >= 11 is 0. The summed E-state index contributed by atoms with van der Waals surface area (Å²) in [5.41, 5.74) is 7.54. The molecule has 98 valence electrons. The summed E-state index contributed by atoms with van der Waals surface area (Å²) < 4.78 is 0. The Balaban J connectivity index is 2.20. The average Bonchev–Trinajstić information content (AvgIpc) is 2.81. The molecule has 1 atom stereocenters. The van der Waals surface area contributed by atoms with E-state index in [1.807, 2.05) is 19.2 Å². The number of nitrogens with zero attached hydrogens (tertiary/aromatic N) is 2. The lowest BCUT2D eigenvalue weighted by molar-refractivity contribution is -0.128. The van der Waals surface area contributed by atoms with Crippen molar-refractivity contribution in [2.75, 3.05) is 25.0 Å². The van der Waals surface area contributed by atoms with Crippen molar-refractivity contribution in [3.8, 4) is 0 Å². The van der Waals surface area contributed by atoms with Gasteiger partial charge in [0.15, 0.2) is 0 Å². The molecule has 0 bridgehead atoms. The van der Waals surface area contributed by atoms with Gasteiger partial charge in [0.1, 0.15) is 0 Å². The van der Waals surface area contributed by atoms with Crippen LogP contribution < -0.4 is 16.0 Å². The maximum atomic E-state index is 11.9. The number of hydrogen-bond donors (Lipinski definition) is 2. The minimum Gasteiger partial charge on any atom is -0.369 e. The summed E-state index contributed by atoms with van der Waals surface area (Å²) in [6, 6.07) is 1.94. The molecule has 0 aromatic carbocycles. The largest absolute Gasteiger partial charge is 0.369 e. The molecule has 1 fully saturated rings. The molecule has 1 amide bonds. The zero-order valence-corrected chi connectivity index (χ0v) is 10.9. The van der Waals surface area contributed by atoms with Gasteiger partial charge in [0.2, 0.25) is 5.91 Å². The molecular weight excluding hydrogens is 228 g/mol. The summed E-state index contributed by atoms with van der Waals surface area (Å²) in [4.78, 5) is 18.2. The minimum absolute atomic E-state index is 0.100. The maximum absolute atomic E-state index is 11.9. The van der Waals surface area contributed by atoms with Gasteiger partial charge in [0.05, 0.1) is 17.3 Å². The molecule has 0 spiro atoms. The summed E-state index contributed by atoms with van der Waals surface area (Å²) in [6.45, 7) is 4.07. The normalized spacial score (nSPS) is 23.2. The summed E-state index contributed by atoms with van der Waals surface area (Å²) in [5.74, 6) is 0.100. The predicted molar refractivity (Wildman–Crippen MR) is 71.1 cm³/mol. The highest BCUT2D eigenvalue weighted by Crippen LogP contribution is 2.34. The lowest BCUT2D eigenvalue weighted by Crippen LogP contribution is -2.39. The van der Waals surface area contributed by atoms with Gasteiger partial charge in [-0.15, -0.1) is 0 Å². The van der Waals surface area contributed by atoms with Crippen molar-refractivity contribution in [2.45, 2.75) is 19.9 Å². The monoisotopic (exact) mass is 248 g/mol. The van der Waals surface area contributed by atoms with Crippen molar-refractivity contribution in [1.82, 2.24) is 10.3 Å². The van der Waals surface area contributed by atoms with Gasteiger partial charge in [-0.05, 0) is 25.0 Å². The van der Waals surface area contributed by atoms with E-state index in [0.717, 1.165) is 24.2 Å². The smallest absolute Gasteiger partial charge is 0.227 e. The van der Waals surface area contributed by atoms with Crippen molar-refractivity contribution in [3.05, 3.63) is 24.0 Å². The molecule has 5 nitrogen and oxygen atoms in total. The number of nitrogens with two attached hydrogens (primary N) is 1. The van der Waals surface area contributed by atoms with Crippen LogP contribution in [-0.4, -0.2) is 31.0 Å². The van der Waals surface area contributed by atoms with Crippen molar-refractivity contribution < 1.29 is 4.79 Å². The van der Waals surface area contributed by atoms with E-state index in [9.17, 15) is 4.79 Å². The van der Waals surface area contributed by atoms with Gasteiger partial charge < -0.3 is 16.0 Å².